The van der Waals surface area contributed by atoms with Crippen LogP contribution in [0.1, 0.15) is 103 Å². The molecule has 3 heteroatoms. The molecule has 0 atom stereocenters. The van der Waals surface area contributed by atoms with Crippen LogP contribution in [0.25, 0.3) is 0 Å². The van der Waals surface area contributed by atoms with Crippen LogP contribution >= 0.6 is 0 Å². The van der Waals surface area contributed by atoms with Crippen molar-refractivity contribution in [3.8, 4) is 11.8 Å². The Morgan fingerprint density at radius 3 is 1.71 bits per heavy atom. The topological polar surface area (TPSA) is 46.5 Å². The first-order chi connectivity index (χ1) is 11.8. The third kappa shape index (κ3) is 19.0. The highest BCUT2D eigenvalue weighted by Gasteiger charge is 2.00. The second-order valence-electron chi connectivity index (χ2n) is 6.37. The molecule has 0 aromatic rings. The Kier molecular flexibility index (Phi) is 19.2. The maximum absolute atomic E-state index is 11.2. The average molecular weight is 339 g/mol. The van der Waals surface area contributed by atoms with Crippen molar-refractivity contribution < 1.29 is 14.6 Å². The fraction of sp³-hybridized carbons (Fsp3) is 0.857. The van der Waals surface area contributed by atoms with Crippen LogP contribution in [0.2, 0.25) is 0 Å². The number of aliphatic hydroxyl groups is 1. The van der Waals surface area contributed by atoms with E-state index in [1.165, 1.54) is 51.4 Å². The smallest absolute Gasteiger partial charge is 0.305 e. The molecule has 0 unspecified atom stereocenters. The van der Waals surface area contributed by atoms with E-state index < -0.39 is 0 Å². The first-order valence-electron chi connectivity index (χ1n) is 10.0. The number of hydrogen-bond donors (Lipinski definition) is 1. The Bertz CT molecular complexity index is 328. The van der Waals surface area contributed by atoms with Crippen molar-refractivity contribution in [2.75, 3.05) is 13.2 Å². The number of hydrogen-bond acceptors (Lipinski definition) is 3. The SMILES string of the molecule is CCOC(=O)CCCCCCCCCCCCC#CCCCCO. The van der Waals surface area contributed by atoms with Crippen molar-refractivity contribution in [1.29, 1.82) is 0 Å². The van der Waals surface area contributed by atoms with E-state index in [1.54, 1.807) is 0 Å². The van der Waals surface area contributed by atoms with Crippen molar-refractivity contribution in [3.05, 3.63) is 0 Å². The van der Waals surface area contributed by atoms with Gasteiger partial charge in [0.2, 0.25) is 0 Å². The molecule has 140 valence electrons. The summed E-state index contributed by atoms with van der Waals surface area (Å²) in [6.45, 7) is 2.64. The number of ether oxygens (including phenoxy) is 1. The summed E-state index contributed by atoms with van der Waals surface area (Å²) in [5, 5.41) is 8.65. The fourth-order valence-corrected chi connectivity index (χ4v) is 2.63. The van der Waals surface area contributed by atoms with Gasteiger partial charge in [0, 0.05) is 25.9 Å². The molecule has 0 aromatic carbocycles. The zero-order valence-electron chi connectivity index (χ0n) is 15.8. The number of rotatable bonds is 16. The molecule has 0 radical (unpaired) electrons. The van der Waals surface area contributed by atoms with Gasteiger partial charge >= 0.3 is 5.97 Å². The Balaban J connectivity index is 3.11. The minimum atomic E-state index is -0.0488. The molecule has 0 spiro atoms. The summed E-state index contributed by atoms with van der Waals surface area (Å²) < 4.78 is 4.91. The number of esters is 1. The lowest BCUT2D eigenvalue weighted by Gasteiger charge is -2.03. The molecule has 0 aromatic heterocycles. The van der Waals surface area contributed by atoms with E-state index in [1.807, 2.05) is 6.92 Å². The van der Waals surface area contributed by atoms with Crippen LogP contribution in [0.3, 0.4) is 0 Å². The lowest BCUT2D eigenvalue weighted by Crippen LogP contribution is -2.03. The molecular weight excluding hydrogens is 300 g/mol. The zero-order chi connectivity index (χ0) is 17.7. The lowest BCUT2D eigenvalue weighted by molar-refractivity contribution is -0.143. The Labute approximate surface area is 149 Å². The van der Waals surface area contributed by atoms with Crippen LogP contribution in [-0.2, 0) is 9.53 Å². The molecule has 1 N–H and O–H groups in total. The molecule has 0 saturated heterocycles. The Hall–Kier alpha value is -1.01. The van der Waals surface area contributed by atoms with E-state index >= 15 is 0 Å². The predicted octanol–water partition coefficient (Wildman–Crippen LogP) is 5.40. The van der Waals surface area contributed by atoms with Gasteiger partial charge in [0.05, 0.1) is 6.61 Å². The third-order valence-corrected chi connectivity index (χ3v) is 4.07. The number of carbonyl (C=O) groups excluding carboxylic acids is 1. The molecule has 0 rings (SSSR count). The maximum Gasteiger partial charge on any atom is 0.305 e. The Morgan fingerprint density at radius 1 is 0.750 bits per heavy atom. The lowest BCUT2D eigenvalue weighted by atomic mass is 10.1. The Morgan fingerprint density at radius 2 is 1.21 bits per heavy atom. The first-order valence-corrected chi connectivity index (χ1v) is 10.0. The van der Waals surface area contributed by atoms with Gasteiger partial charge in [-0.1, -0.05) is 51.4 Å². The van der Waals surface area contributed by atoms with Crippen LogP contribution in [0.5, 0.6) is 0 Å². The molecule has 0 aliphatic rings. The molecule has 0 amide bonds. The number of carbonyl (C=O) groups is 1. The van der Waals surface area contributed by atoms with Gasteiger partial charge in [-0.25, -0.2) is 0 Å². The van der Waals surface area contributed by atoms with E-state index in [0.29, 0.717) is 13.0 Å². The van der Waals surface area contributed by atoms with Crippen LogP contribution in [0, 0.1) is 11.8 Å². The van der Waals surface area contributed by atoms with Crippen molar-refractivity contribution >= 4 is 5.97 Å². The van der Waals surface area contributed by atoms with Gasteiger partial charge in [-0.2, -0.15) is 0 Å². The minimum absolute atomic E-state index is 0.0488. The molecule has 0 bridgehead atoms. The van der Waals surface area contributed by atoms with Gasteiger partial charge in [0.15, 0.2) is 0 Å². The highest BCUT2D eigenvalue weighted by atomic mass is 16.5. The molecule has 0 heterocycles. The molecule has 3 nitrogen and oxygen atoms in total. The van der Waals surface area contributed by atoms with Gasteiger partial charge in [0.1, 0.15) is 0 Å². The summed E-state index contributed by atoms with van der Waals surface area (Å²) in [6, 6.07) is 0. The summed E-state index contributed by atoms with van der Waals surface area (Å²) in [5.74, 6) is 6.36. The van der Waals surface area contributed by atoms with Crippen LogP contribution in [0.4, 0.5) is 0 Å². The van der Waals surface area contributed by atoms with Gasteiger partial charge in [-0.05, 0) is 32.6 Å². The fourth-order valence-electron chi connectivity index (χ4n) is 2.63. The van der Waals surface area contributed by atoms with Gasteiger partial charge in [-0.15, -0.1) is 11.8 Å². The minimum Gasteiger partial charge on any atom is -0.466 e. The highest BCUT2D eigenvalue weighted by Crippen LogP contribution is 2.12. The molecule has 0 aliphatic carbocycles. The van der Waals surface area contributed by atoms with Crippen molar-refractivity contribution in [2.24, 2.45) is 0 Å². The largest absolute Gasteiger partial charge is 0.466 e. The number of unbranched alkanes of at least 4 members (excludes halogenated alkanes) is 12. The summed E-state index contributed by atoms with van der Waals surface area (Å²) in [6.07, 6.45) is 16.9. The second-order valence-corrected chi connectivity index (χ2v) is 6.37. The van der Waals surface area contributed by atoms with Gasteiger partial charge < -0.3 is 9.84 Å². The molecular formula is C21H38O3. The summed E-state index contributed by atoms with van der Waals surface area (Å²) in [5.41, 5.74) is 0. The van der Waals surface area contributed by atoms with Crippen LogP contribution in [-0.4, -0.2) is 24.3 Å². The standard InChI is InChI=1S/C21H38O3/c1-2-24-21(23)19-17-15-13-11-9-7-5-3-4-6-8-10-12-14-16-18-20-22/h22H,2-9,11,13-20H2,1H3. The molecule has 0 saturated carbocycles. The van der Waals surface area contributed by atoms with E-state index in [9.17, 15) is 4.79 Å². The molecule has 24 heavy (non-hydrogen) atoms. The molecule has 0 aliphatic heterocycles. The normalized spacial score (nSPS) is 10.2. The van der Waals surface area contributed by atoms with Crippen LogP contribution in [0.15, 0.2) is 0 Å². The highest BCUT2D eigenvalue weighted by molar-refractivity contribution is 5.69. The predicted molar refractivity (Wildman–Crippen MR) is 101 cm³/mol. The number of aliphatic hydroxyl groups excluding tert-OH is 1. The quantitative estimate of drug-likeness (QED) is 0.233. The monoisotopic (exact) mass is 338 g/mol. The van der Waals surface area contributed by atoms with E-state index in [4.69, 9.17) is 9.84 Å². The van der Waals surface area contributed by atoms with Crippen molar-refractivity contribution in [1.82, 2.24) is 0 Å². The second kappa shape index (κ2) is 20.0. The summed E-state index contributed by atoms with van der Waals surface area (Å²) in [4.78, 5) is 11.2. The zero-order valence-corrected chi connectivity index (χ0v) is 15.8. The van der Waals surface area contributed by atoms with Gasteiger partial charge in [0.25, 0.3) is 0 Å². The average Bonchev–Trinajstić information content (AvgIpc) is 2.58. The maximum atomic E-state index is 11.2. The van der Waals surface area contributed by atoms with E-state index in [0.717, 1.165) is 38.5 Å². The van der Waals surface area contributed by atoms with Crippen LogP contribution < -0.4 is 0 Å². The van der Waals surface area contributed by atoms with E-state index in [2.05, 4.69) is 11.8 Å². The molecule has 0 fully saturated rings. The van der Waals surface area contributed by atoms with E-state index in [-0.39, 0.29) is 12.6 Å². The summed E-state index contributed by atoms with van der Waals surface area (Å²) >= 11 is 0. The van der Waals surface area contributed by atoms with Crippen molar-refractivity contribution in [3.63, 3.8) is 0 Å². The first kappa shape index (κ1) is 23.0. The van der Waals surface area contributed by atoms with Crippen molar-refractivity contribution in [2.45, 2.75) is 103 Å². The summed E-state index contributed by atoms with van der Waals surface area (Å²) in [7, 11) is 0. The third-order valence-electron chi connectivity index (χ3n) is 4.07. The van der Waals surface area contributed by atoms with Gasteiger partial charge in [-0.3, -0.25) is 4.79 Å².